The van der Waals surface area contributed by atoms with Crippen LogP contribution in [0, 0.1) is 5.41 Å². The molecule has 0 radical (unpaired) electrons. The fraction of sp³-hybridized carbons (Fsp3) is 0.312. The van der Waals surface area contributed by atoms with Crippen molar-refractivity contribution in [2.75, 3.05) is 31.0 Å². The number of hydrogen-bond donors (Lipinski definition) is 4. The van der Waals surface area contributed by atoms with Crippen LogP contribution in [0.15, 0.2) is 77.7 Å². The molecular weight excluding hydrogens is 665 g/mol. The van der Waals surface area contributed by atoms with E-state index in [0.29, 0.717) is 34.5 Å². The molecule has 1 fully saturated rings. The Kier molecular flexibility index (Phi) is 12.8. The maximum absolute atomic E-state index is 14.1. The summed E-state index contributed by atoms with van der Waals surface area (Å²) in [5.41, 5.74) is 8.60. The standard InChI is InChI=1S/C32H37N7O5S.2ClH/c1-37-16-6-5-7-25(37)20-39(45(43,44)26-8-3-2-4-9-26)24-14-15-28-27(18-24)36-29(38(28)21-30(40)35-19-31(41)42)17-22-10-12-23(13-11-22)32(33)34;;/h2-4,8-15,18,25H,5-7,16-17,19-21H2,1H3,(H3,33,34)(H,35,40)(H,41,42);2*1H. The number of amidine groups is 1. The second kappa shape index (κ2) is 16.1. The highest BCUT2D eigenvalue weighted by Crippen LogP contribution is 2.30. The molecular formula is C32H39Cl2N7O5S. The van der Waals surface area contributed by atoms with Crippen LogP contribution in [0.4, 0.5) is 5.69 Å². The van der Waals surface area contributed by atoms with E-state index in [9.17, 15) is 18.0 Å². The van der Waals surface area contributed by atoms with Crippen LogP contribution < -0.4 is 15.4 Å². The van der Waals surface area contributed by atoms with Gasteiger partial charge in [0.2, 0.25) is 5.91 Å². The Balaban J connectivity index is 0.00000300. The number of nitrogens with one attached hydrogen (secondary N) is 2. The number of aliphatic carboxylic acids is 1. The van der Waals surface area contributed by atoms with Gasteiger partial charge >= 0.3 is 5.97 Å². The van der Waals surface area contributed by atoms with Crippen molar-refractivity contribution in [2.45, 2.75) is 43.2 Å². The molecule has 5 rings (SSSR count). The minimum absolute atomic E-state index is 0. The lowest BCUT2D eigenvalue weighted by Crippen LogP contribution is -2.46. The number of nitrogen functional groups attached to an aromatic ring is 1. The van der Waals surface area contributed by atoms with E-state index in [2.05, 4.69) is 10.2 Å². The van der Waals surface area contributed by atoms with Crippen LogP contribution in [0.25, 0.3) is 11.0 Å². The molecule has 5 N–H and O–H groups in total. The first-order valence-electron chi connectivity index (χ1n) is 14.7. The number of aromatic nitrogens is 2. The van der Waals surface area contributed by atoms with Gasteiger partial charge in [0.25, 0.3) is 10.0 Å². The van der Waals surface area contributed by atoms with E-state index in [4.69, 9.17) is 21.2 Å². The normalized spacial score (nSPS) is 14.9. The monoisotopic (exact) mass is 703 g/mol. The zero-order valence-corrected chi connectivity index (χ0v) is 28.3. The quantitative estimate of drug-likeness (QED) is 0.128. The molecule has 0 bridgehead atoms. The number of carbonyl (C=O) groups is 2. The molecule has 1 atom stereocenters. The minimum atomic E-state index is -3.92. The van der Waals surface area contributed by atoms with Crippen LogP contribution in [0.5, 0.6) is 0 Å². The fourth-order valence-electron chi connectivity index (χ4n) is 5.62. The Labute approximate surface area is 286 Å². The summed E-state index contributed by atoms with van der Waals surface area (Å²) in [6, 6.07) is 20.7. The third-order valence-electron chi connectivity index (χ3n) is 8.09. The Morgan fingerprint density at radius 2 is 1.77 bits per heavy atom. The number of likely N-dealkylation sites (tertiary alicyclic amines) is 1. The lowest BCUT2D eigenvalue weighted by Gasteiger charge is -2.36. The predicted molar refractivity (Wildman–Crippen MR) is 186 cm³/mol. The Bertz CT molecular complexity index is 1820. The van der Waals surface area contributed by atoms with Gasteiger partial charge < -0.3 is 25.6 Å². The summed E-state index contributed by atoms with van der Waals surface area (Å²) in [7, 11) is -1.90. The second-order valence-corrected chi connectivity index (χ2v) is 13.1. The highest BCUT2D eigenvalue weighted by atomic mass is 35.5. The topological polar surface area (TPSA) is 175 Å². The smallest absolute Gasteiger partial charge is 0.322 e. The van der Waals surface area contributed by atoms with E-state index in [1.54, 1.807) is 65.2 Å². The van der Waals surface area contributed by atoms with Crippen LogP contribution in [-0.4, -0.2) is 78.4 Å². The molecule has 0 saturated carbocycles. The summed E-state index contributed by atoms with van der Waals surface area (Å²) in [6.45, 7) is 0.475. The summed E-state index contributed by atoms with van der Waals surface area (Å²) >= 11 is 0. The van der Waals surface area contributed by atoms with Gasteiger partial charge in [0.1, 0.15) is 24.7 Å². The first-order valence-corrected chi connectivity index (χ1v) is 16.2. The number of imidazole rings is 1. The number of anilines is 1. The third-order valence-corrected chi connectivity index (χ3v) is 9.90. The van der Waals surface area contributed by atoms with Crippen molar-refractivity contribution < 1.29 is 23.1 Å². The average molecular weight is 705 g/mol. The first kappa shape index (κ1) is 37.3. The van der Waals surface area contributed by atoms with Crippen LogP contribution in [0.2, 0.25) is 0 Å². The van der Waals surface area contributed by atoms with Crippen molar-refractivity contribution in [3.8, 4) is 0 Å². The van der Waals surface area contributed by atoms with Crippen molar-refractivity contribution >= 4 is 69.3 Å². The summed E-state index contributed by atoms with van der Waals surface area (Å²) in [5.74, 6) is -1.17. The predicted octanol–water partition coefficient (Wildman–Crippen LogP) is 3.64. The van der Waals surface area contributed by atoms with Crippen LogP contribution in [0.1, 0.15) is 36.2 Å². The number of sulfonamides is 1. The summed E-state index contributed by atoms with van der Waals surface area (Å²) < 4.78 is 31.3. The average Bonchev–Trinajstić information content (AvgIpc) is 3.35. The molecule has 2 heterocycles. The van der Waals surface area contributed by atoms with Crippen molar-refractivity contribution in [1.29, 1.82) is 5.41 Å². The van der Waals surface area contributed by atoms with Crippen molar-refractivity contribution in [3.63, 3.8) is 0 Å². The van der Waals surface area contributed by atoms with E-state index < -0.39 is 28.4 Å². The lowest BCUT2D eigenvalue weighted by atomic mass is 10.0. The van der Waals surface area contributed by atoms with Crippen LogP contribution >= 0.6 is 24.8 Å². The number of rotatable bonds is 12. The number of nitrogens with two attached hydrogens (primary N) is 1. The molecule has 0 aliphatic carbocycles. The highest BCUT2D eigenvalue weighted by molar-refractivity contribution is 7.92. The number of hydrogen-bond acceptors (Lipinski definition) is 7. The van der Waals surface area contributed by atoms with Crippen molar-refractivity contribution in [2.24, 2.45) is 5.73 Å². The summed E-state index contributed by atoms with van der Waals surface area (Å²) in [4.78, 5) is 31.0. The molecule has 252 valence electrons. The number of amides is 1. The zero-order chi connectivity index (χ0) is 32.1. The van der Waals surface area contributed by atoms with E-state index in [-0.39, 0.29) is 54.7 Å². The number of likely N-dealkylation sites (N-methyl/N-ethyl adjacent to an activating group) is 1. The maximum Gasteiger partial charge on any atom is 0.322 e. The largest absolute Gasteiger partial charge is 0.480 e. The molecule has 4 aromatic rings. The van der Waals surface area contributed by atoms with Gasteiger partial charge in [-0.25, -0.2) is 13.4 Å². The van der Waals surface area contributed by atoms with Gasteiger partial charge in [-0.05, 0) is 62.3 Å². The third kappa shape index (κ3) is 8.80. The summed E-state index contributed by atoms with van der Waals surface area (Å²) in [5, 5.41) is 19.1. The van der Waals surface area contributed by atoms with Gasteiger partial charge in [-0.15, -0.1) is 24.8 Å². The van der Waals surface area contributed by atoms with Gasteiger partial charge in [-0.1, -0.05) is 48.9 Å². The number of halogens is 2. The Morgan fingerprint density at radius 1 is 1.06 bits per heavy atom. The summed E-state index contributed by atoms with van der Waals surface area (Å²) in [6.07, 6.45) is 3.31. The first-order chi connectivity index (χ1) is 21.5. The molecule has 1 aromatic heterocycles. The van der Waals surface area contributed by atoms with Crippen molar-refractivity contribution in [3.05, 3.63) is 89.7 Å². The fourth-order valence-corrected chi connectivity index (χ4v) is 7.14. The van der Waals surface area contributed by atoms with Gasteiger partial charge in [0, 0.05) is 24.6 Å². The highest BCUT2D eigenvalue weighted by Gasteiger charge is 2.31. The molecule has 15 heteroatoms. The zero-order valence-electron chi connectivity index (χ0n) is 25.8. The molecule has 1 saturated heterocycles. The molecule has 3 aromatic carbocycles. The molecule has 1 amide bonds. The Morgan fingerprint density at radius 3 is 2.40 bits per heavy atom. The van der Waals surface area contributed by atoms with Gasteiger partial charge in [0.15, 0.2) is 0 Å². The van der Waals surface area contributed by atoms with Gasteiger partial charge in [0.05, 0.1) is 21.6 Å². The van der Waals surface area contributed by atoms with E-state index in [1.165, 1.54) is 4.31 Å². The number of benzene rings is 3. The number of carbonyl (C=O) groups excluding carboxylic acids is 1. The lowest BCUT2D eigenvalue weighted by molar-refractivity contribution is -0.138. The van der Waals surface area contributed by atoms with Gasteiger partial charge in [-0.3, -0.25) is 19.3 Å². The molecule has 0 spiro atoms. The number of fused-ring (bicyclic) bond motifs is 1. The minimum Gasteiger partial charge on any atom is -0.480 e. The van der Waals surface area contributed by atoms with E-state index in [1.807, 2.05) is 19.2 Å². The van der Waals surface area contributed by atoms with E-state index >= 15 is 0 Å². The Hall–Kier alpha value is -4.17. The molecule has 12 nitrogen and oxygen atoms in total. The molecule has 47 heavy (non-hydrogen) atoms. The van der Waals surface area contributed by atoms with Crippen LogP contribution in [0.3, 0.4) is 0 Å². The number of nitrogens with zero attached hydrogens (tertiary/aromatic N) is 4. The number of carboxylic acids is 1. The number of piperidine rings is 1. The van der Waals surface area contributed by atoms with Crippen molar-refractivity contribution in [1.82, 2.24) is 19.8 Å². The SMILES string of the molecule is CN1CCCCC1CN(c1ccc2c(c1)nc(Cc1ccc(C(=N)N)cc1)n2CC(=O)NCC(=O)O)S(=O)(=O)c1ccccc1.Cl.Cl. The molecule has 1 unspecified atom stereocenters. The molecule has 1 aliphatic heterocycles. The van der Waals surface area contributed by atoms with E-state index in [0.717, 1.165) is 31.4 Å². The van der Waals surface area contributed by atoms with Gasteiger partial charge in [-0.2, -0.15) is 0 Å². The maximum atomic E-state index is 14.1. The second-order valence-electron chi connectivity index (χ2n) is 11.2. The number of carboxylic acid groups (broad SMARTS) is 1. The van der Waals surface area contributed by atoms with Crippen LogP contribution in [-0.2, 0) is 32.6 Å². The molecule has 1 aliphatic rings.